The van der Waals surface area contributed by atoms with E-state index >= 15 is 0 Å². The standard InChI is InChI=1S/C16H27/c1-5-7-9-13-16(12-8-6-2)14-10-11-15(3)4/h9-11,13,15H,5-8,12H2,1-4H3. The summed E-state index contributed by atoms with van der Waals surface area (Å²) in [6, 6.07) is 0. The third-order valence-corrected chi connectivity index (χ3v) is 2.32. The van der Waals surface area contributed by atoms with Gasteiger partial charge < -0.3 is 0 Å². The van der Waals surface area contributed by atoms with E-state index in [0.29, 0.717) is 5.92 Å². The van der Waals surface area contributed by atoms with Gasteiger partial charge in [-0.3, -0.25) is 0 Å². The lowest BCUT2D eigenvalue weighted by Gasteiger charge is -1.99. The van der Waals surface area contributed by atoms with Gasteiger partial charge in [0.2, 0.25) is 0 Å². The van der Waals surface area contributed by atoms with Gasteiger partial charge in [0, 0.05) is 0 Å². The summed E-state index contributed by atoms with van der Waals surface area (Å²) in [6.07, 6.45) is 18.2. The van der Waals surface area contributed by atoms with Gasteiger partial charge in [0.05, 0.1) is 0 Å². The summed E-state index contributed by atoms with van der Waals surface area (Å²) >= 11 is 0. The highest BCUT2D eigenvalue weighted by Crippen LogP contribution is 2.10. The van der Waals surface area contributed by atoms with E-state index in [9.17, 15) is 0 Å². The minimum Gasteiger partial charge on any atom is -0.0843 e. The van der Waals surface area contributed by atoms with Gasteiger partial charge in [0.25, 0.3) is 0 Å². The van der Waals surface area contributed by atoms with Crippen LogP contribution >= 0.6 is 0 Å². The normalized spacial score (nSPS) is 13.4. The van der Waals surface area contributed by atoms with Crippen molar-refractivity contribution in [3.05, 3.63) is 36.0 Å². The predicted octanol–water partition coefficient (Wildman–Crippen LogP) is 5.47. The van der Waals surface area contributed by atoms with Crippen LogP contribution in [-0.2, 0) is 0 Å². The first-order valence-corrected chi connectivity index (χ1v) is 6.66. The summed E-state index contributed by atoms with van der Waals surface area (Å²) in [4.78, 5) is 0. The Bertz CT molecular complexity index is 228. The molecule has 0 unspecified atom stereocenters. The zero-order valence-corrected chi connectivity index (χ0v) is 11.4. The lowest BCUT2D eigenvalue weighted by Crippen LogP contribution is -1.81. The summed E-state index contributed by atoms with van der Waals surface area (Å²) in [5.74, 6) is 0.611. The monoisotopic (exact) mass is 219 g/mol. The molecule has 0 aromatic carbocycles. The maximum Gasteiger partial charge on any atom is -0.0152 e. The van der Waals surface area contributed by atoms with Crippen LogP contribution in [0.25, 0.3) is 0 Å². The second kappa shape index (κ2) is 10.7. The van der Waals surface area contributed by atoms with Gasteiger partial charge in [0.1, 0.15) is 0 Å². The van der Waals surface area contributed by atoms with Crippen LogP contribution in [0.15, 0.2) is 29.9 Å². The van der Waals surface area contributed by atoms with Gasteiger partial charge >= 0.3 is 0 Å². The number of allylic oxidation sites excluding steroid dienone is 6. The van der Waals surface area contributed by atoms with Crippen LogP contribution in [0.5, 0.6) is 0 Å². The highest BCUT2D eigenvalue weighted by molar-refractivity contribution is 5.19. The van der Waals surface area contributed by atoms with E-state index in [1.807, 2.05) is 0 Å². The van der Waals surface area contributed by atoms with Crippen molar-refractivity contribution >= 4 is 0 Å². The summed E-state index contributed by atoms with van der Waals surface area (Å²) in [5, 5.41) is 0. The van der Waals surface area contributed by atoms with Crippen molar-refractivity contribution in [3.8, 4) is 0 Å². The second-order valence-electron chi connectivity index (χ2n) is 4.57. The van der Waals surface area contributed by atoms with Crippen molar-refractivity contribution in [3.63, 3.8) is 0 Å². The molecule has 0 aliphatic carbocycles. The first-order valence-electron chi connectivity index (χ1n) is 6.66. The minimum absolute atomic E-state index is 0.611. The number of rotatable bonds is 8. The Balaban J connectivity index is 4.28. The first kappa shape index (κ1) is 15.2. The molecule has 0 aliphatic heterocycles. The zero-order valence-electron chi connectivity index (χ0n) is 11.4. The molecule has 0 saturated carbocycles. The summed E-state index contributed by atoms with van der Waals surface area (Å²) in [6.45, 7) is 8.83. The summed E-state index contributed by atoms with van der Waals surface area (Å²) in [7, 11) is 0. The van der Waals surface area contributed by atoms with Gasteiger partial charge in [-0.05, 0) is 36.8 Å². The van der Waals surface area contributed by atoms with E-state index in [4.69, 9.17) is 0 Å². The van der Waals surface area contributed by atoms with Crippen LogP contribution in [0.2, 0.25) is 0 Å². The second-order valence-corrected chi connectivity index (χ2v) is 4.57. The lowest BCUT2D eigenvalue weighted by molar-refractivity contribution is 0.794. The smallest absolute Gasteiger partial charge is 0.0152 e. The van der Waals surface area contributed by atoms with E-state index in [0.717, 1.165) is 6.42 Å². The van der Waals surface area contributed by atoms with Crippen LogP contribution in [0.3, 0.4) is 0 Å². The van der Waals surface area contributed by atoms with Crippen molar-refractivity contribution < 1.29 is 0 Å². The Morgan fingerprint density at radius 2 is 1.94 bits per heavy atom. The fourth-order valence-corrected chi connectivity index (χ4v) is 1.31. The molecular weight excluding hydrogens is 192 g/mol. The molecule has 0 nitrogen and oxygen atoms in total. The van der Waals surface area contributed by atoms with Crippen LogP contribution in [0, 0.1) is 12.0 Å². The Labute approximate surface area is 102 Å². The van der Waals surface area contributed by atoms with Gasteiger partial charge in [0.15, 0.2) is 0 Å². The topological polar surface area (TPSA) is 0 Å². The van der Waals surface area contributed by atoms with E-state index in [1.54, 1.807) is 0 Å². The largest absolute Gasteiger partial charge is 0.0843 e. The van der Waals surface area contributed by atoms with Crippen molar-refractivity contribution in [2.45, 2.75) is 59.8 Å². The fraction of sp³-hybridized carbons (Fsp3) is 0.625. The van der Waals surface area contributed by atoms with Crippen LogP contribution in [0.4, 0.5) is 0 Å². The lowest BCUT2D eigenvalue weighted by atomic mass is 10.1. The predicted molar refractivity (Wildman–Crippen MR) is 74.3 cm³/mol. The molecule has 0 rings (SSSR count). The molecule has 0 heterocycles. The third kappa shape index (κ3) is 9.76. The molecule has 0 aromatic rings. The molecule has 1 radical (unpaired) electrons. The molecule has 0 aromatic heterocycles. The Hall–Kier alpha value is -0.780. The Morgan fingerprint density at radius 1 is 1.19 bits per heavy atom. The highest BCUT2D eigenvalue weighted by Gasteiger charge is 1.91. The molecule has 0 atom stereocenters. The molecule has 0 heteroatoms. The van der Waals surface area contributed by atoms with E-state index in [2.05, 4.69) is 58.1 Å². The number of hydrogen-bond acceptors (Lipinski definition) is 0. The quantitative estimate of drug-likeness (QED) is 0.474. The molecule has 0 spiro atoms. The average molecular weight is 219 g/mol. The van der Waals surface area contributed by atoms with E-state index in [1.165, 1.54) is 31.3 Å². The number of hydrogen-bond donors (Lipinski definition) is 0. The maximum atomic E-state index is 3.39. The molecule has 0 N–H and O–H groups in total. The molecule has 16 heavy (non-hydrogen) atoms. The van der Waals surface area contributed by atoms with Gasteiger partial charge in [-0.15, -0.1) is 0 Å². The van der Waals surface area contributed by atoms with Crippen LogP contribution in [-0.4, -0.2) is 0 Å². The first-order chi connectivity index (χ1) is 7.70. The molecule has 0 amide bonds. The highest BCUT2D eigenvalue weighted by atomic mass is 14.0. The molecule has 0 bridgehead atoms. The van der Waals surface area contributed by atoms with Gasteiger partial charge in [-0.25, -0.2) is 0 Å². The van der Waals surface area contributed by atoms with Gasteiger partial charge in [-0.1, -0.05) is 64.8 Å². The van der Waals surface area contributed by atoms with Gasteiger partial charge in [-0.2, -0.15) is 0 Å². The Morgan fingerprint density at radius 3 is 2.50 bits per heavy atom. The van der Waals surface area contributed by atoms with Crippen molar-refractivity contribution in [2.75, 3.05) is 0 Å². The molecule has 91 valence electrons. The van der Waals surface area contributed by atoms with Crippen molar-refractivity contribution in [2.24, 2.45) is 5.92 Å². The van der Waals surface area contributed by atoms with Crippen LogP contribution < -0.4 is 0 Å². The van der Waals surface area contributed by atoms with Crippen molar-refractivity contribution in [1.29, 1.82) is 0 Å². The number of unbranched alkanes of at least 4 members (excludes halogenated alkanes) is 2. The minimum atomic E-state index is 0.611. The fourth-order valence-electron chi connectivity index (χ4n) is 1.31. The average Bonchev–Trinajstić information content (AvgIpc) is 2.25. The molecule has 0 aliphatic rings. The summed E-state index contributed by atoms with van der Waals surface area (Å²) < 4.78 is 0. The molecule has 0 saturated heterocycles. The van der Waals surface area contributed by atoms with E-state index < -0.39 is 0 Å². The van der Waals surface area contributed by atoms with Crippen molar-refractivity contribution in [1.82, 2.24) is 0 Å². The zero-order chi connectivity index (χ0) is 12.2. The van der Waals surface area contributed by atoms with E-state index in [-0.39, 0.29) is 0 Å². The summed E-state index contributed by atoms with van der Waals surface area (Å²) in [5.41, 5.74) is 1.34. The third-order valence-electron chi connectivity index (χ3n) is 2.32. The van der Waals surface area contributed by atoms with Crippen LogP contribution in [0.1, 0.15) is 59.8 Å². The molecular formula is C16H27. The SMILES string of the molecule is CCCC=C/C(=[C]/C=CC(C)C)CCCC. The Kier molecular flexibility index (Phi) is 10.2. The maximum absolute atomic E-state index is 3.39. The molecule has 0 fully saturated rings.